The van der Waals surface area contributed by atoms with Crippen LogP contribution in [0.15, 0.2) is 48.5 Å². The predicted molar refractivity (Wildman–Crippen MR) is 91.6 cm³/mol. The molecule has 1 atom stereocenters. The summed E-state index contributed by atoms with van der Waals surface area (Å²) in [5, 5.41) is 5.58. The summed E-state index contributed by atoms with van der Waals surface area (Å²) < 4.78 is 18.1. The van der Waals surface area contributed by atoms with Gasteiger partial charge in [-0.1, -0.05) is 12.1 Å². The van der Waals surface area contributed by atoms with Crippen LogP contribution in [0.2, 0.25) is 0 Å². The minimum absolute atomic E-state index is 0.00405. The Morgan fingerprint density at radius 1 is 1.08 bits per heavy atom. The minimum atomic E-state index is -0.353. The third-order valence-corrected chi connectivity index (χ3v) is 4.09. The normalized spacial score (nSPS) is 16.4. The largest absolute Gasteiger partial charge is 0.381 e. The first-order chi connectivity index (χ1) is 12.1. The maximum absolute atomic E-state index is 12.9. The maximum atomic E-state index is 12.9. The summed E-state index contributed by atoms with van der Waals surface area (Å²) in [6.07, 6.45) is 0.758. The molecular weight excluding hydrogens is 323 g/mol. The van der Waals surface area contributed by atoms with Crippen LogP contribution in [0.25, 0.3) is 0 Å². The van der Waals surface area contributed by atoms with E-state index in [1.54, 1.807) is 24.3 Å². The number of ether oxygens (including phenoxy) is 1. The van der Waals surface area contributed by atoms with Gasteiger partial charge in [0.15, 0.2) is 0 Å². The van der Waals surface area contributed by atoms with Crippen LogP contribution < -0.4 is 10.6 Å². The lowest BCUT2D eigenvalue weighted by Gasteiger charge is -2.10. The van der Waals surface area contributed by atoms with Crippen molar-refractivity contribution in [1.29, 1.82) is 0 Å². The van der Waals surface area contributed by atoms with Gasteiger partial charge < -0.3 is 15.4 Å². The number of nitrogens with one attached hydrogen (secondary N) is 2. The Labute approximate surface area is 145 Å². The molecule has 1 aliphatic heterocycles. The molecule has 2 aromatic rings. The number of carbonyl (C=O) groups is 2. The second-order valence-corrected chi connectivity index (χ2v) is 5.94. The number of rotatable bonds is 5. The highest BCUT2D eigenvalue weighted by molar-refractivity contribution is 6.04. The van der Waals surface area contributed by atoms with Gasteiger partial charge in [-0.05, 0) is 48.4 Å². The van der Waals surface area contributed by atoms with Gasteiger partial charge in [-0.25, -0.2) is 4.39 Å². The summed E-state index contributed by atoms with van der Waals surface area (Å²) in [6, 6.07) is 12.6. The molecule has 0 aromatic heterocycles. The summed E-state index contributed by atoms with van der Waals surface area (Å²) in [7, 11) is 0. The summed E-state index contributed by atoms with van der Waals surface area (Å²) >= 11 is 0. The molecule has 1 saturated heterocycles. The fourth-order valence-electron chi connectivity index (χ4n) is 2.59. The third kappa shape index (κ3) is 4.64. The Morgan fingerprint density at radius 2 is 1.80 bits per heavy atom. The highest BCUT2D eigenvalue weighted by Crippen LogP contribution is 2.13. The zero-order valence-corrected chi connectivity index (χ0v) is 13.6. The Kier molecular flexibility index (Phi) is 5.40. The molecular formula is C19H19FN2O3. The molecule has 1 heterocycles. The van der Waals surface area contributed by atoms with Gasteiger partial charge >= 0.3 is 0 Å². The zero-order valence-electron chi connectivity index (χ0n) is 13.6. The fourth-order valence-corrected chi connectivity index (χ4v) is 2.59. The molecule has 6 heteroatoms. The molecule has 2 N–H and O–H groups in total. The van der Waals surface area contributed by atoms with Crippen molar-refractivity contribution in [2.24, 2.45) is 5.92 Å². The lowest BCUT2D eigenvalue weighted by atomic mass is 10.1. The Morgan fingerprint density at radius 3 is 2.44 bits per heavy atom. The number of anilines is 1. The number of halogens is 1. The standard InChI is InChI=1S/C19H19FN2O3/c20-16-5-7-17(8-6-16)22-19(24)14-3-1-13(2-4-14)11-21-18(23)15-9-10-25-12-15/h1-8,15H,9-12H2,(H,21,23)(H,22,24)/t15-/m1/s1. The van der Waals surface area contributed by atoms with Crippen LogP contribution in [0.1, 0.15) is 22.3 Å². The molecule has 3 rings (SSSR count). The first kappa shape index (κ1) is 17.1. The summed E-state index contributed by atoms with van der Waals surface area (Å²) in [4.78, 5) is 24.1. The first-order valence-electron chi connectivity index (χ1n) is 8.13. The van der Waals surface area contributed by atoms with E-state index in [0.29, 0.717) is 31.0 Å². The first-order valence-corrected chi connectivity index (χ1v) is 8.13. The highest BCUT2D eigenvalue weighted by Gasteiger charge is 2.22. The summed E-state index contributed by atoms with van der Waals surface area (Å²) in [5.74, 6) is -0.699. The van der Waals surface area contributed by atoms with E-state index >= 15 is 0 Å². The average Bonchev–Trinajstić information content (AvgIpc) is 3.17. The molecule has 2 amide bonds. The van der Waals surface area contributed by atoms with Crippen LogP contribution >= 0.6 is 0 Å². The van der Waals surface area contributed by atoms with Crippen molar-refractivity contribution in [3.63, 3.8) is 0 Å². The molecule has 0 unspecified atom stereocenters. The van der Waals surface area contributed by atoms with Crippen molar-refractivity contribution in [3.05, 3.63) is 65.5 Å². The maximum Gasteiger partial charge on any atom is 0.255 e. The molecule has 1 aliphatic rings. The Balaban J connectivity index is 1.53. The van der Waals surface area contributed by atoms with Gasteiger partial charge in [0.25, 0.3) is 5.91 Å². The minimum Gasteiger partial charge on any atom is -0.381 e. The van der Waals surface area contributed by atoms with Crippen LogP contribution in [0.5, 0.6) is 0 Å². The number of hydrogen-bond acceptors (Lipinski definition) is 3. The number of hydrogen-bond donors (Lipinski definition) is 2. The molecule has 25 heavy (non-hydrogen) atoms. The smallest absolute Gasteiger partial charge is 0.255 e. The van der Waals surface area contributed by atoms with Crippen molar-refractivity contribution in [2.45, 2.75) is 13.0 Å². The van der Waals surface area contributed by atoms with Gasteiger partial charge in [0.05, 0.1) is 12.5 Å². The molecule has 0 bridgehead atoms. The van der Waals surface area contributed by atoms with Crippen molar-refractivity contribution in [2.75, 3.05) is 18.5 Å². The van der Waals surface area contributed by atoms with Gasteiger partial charge in [-0.3, -0.25) is 9.59 Å². The van der Waals surface area contributed by atoms with E-state index in [9.17, 15) is 14.0 Å². The lowest BCUT2D eigenvalue weighted by Crippen LogP contribution is -2.30. The number of carbonyl (C=O) groups excluding carboxylic acids is 2. The van der Waals surface area contributed by atoms with Gasteiger partial charge in [0.2, 0.25) is 5.91 Å². The summed E-state index contributed by atoms with van der Waals surface area (Å²) in [5.41, 5.74) is 1.93. The van der Waals surface area contributed by atoms with E-state index in [1.165, 1.54) is 24.3 Å². The van der Waals surface area contributed by atoms with E-state index in [0.717, 1.165) is 12.0 Å². The van der Waals surface area contributed by atoms with Gasteiger partial charge in [0.1, 0.15) is 5.82 Å². The second kappa shape index (κ2) is 7.90. The fraction of sp³-hybridized carbons (Fsp3) is 0.263. The lowest BCUT2D eigenvalue weighted by molar-refractivity contribution is -0.125. The van der Waals surface area contributed by atoms with Gasteiger partial charge in [-0.2, -0.15) is 0 Å². The van der Waals surface area contributed by atoms with Crippen molar-refractivity contribution < 1.29 is 18.7 Å². The number of benzene rings is 2. The Hall–Kier alpha value is -2.73. The Bertz CT molecular complexity index is 738. The molecule has 0 aliphatic carbocycles. The van der Waals surface area contributed by atoms with E-state index in [4.69, 9.17) is 4.74 Å². The topological polar surface area (TPSA) is 67.4 Å². The van der Waals surface area contributed by atoms with Crippen LogP contribution in [0.3, 0.4) is 0 Å². The predicted octanol–water partition coefficient (Wildman–Crippen LogP) is 2.73. The van der Waals surface area contributed by atoms with Crippen molar-refractivity contribution in [3.8, 4) is 0 Å². The van der Waals surface area contributed by atoms with E-state index < -0.39 is 0 Å². The third-order valence-electron chi connectivity index (χ3n) is 4.09. The van der Waals surface area contributed by atoms with Crippen molar-refractivity contribution >= 4 is 17.5 Å². The molecule has 130 valence electrons. The van der Waals surface area contributed by atoms with Gasteiger partial charge in [0, 0.05) is 24.4 Å². The number of amides is 2. The van der Waals surface area contributed by atoms with Crippen LogP contribution in [0, 0.1) is 11.7 Å². The van der Waals surface area contributed by atoms with Crippen LogP contribution in [-0.4, -0.2) is 25.0 Å². The SMILES string of the molecule is O=C(Nc1ccc(F)cc1)c1ccc(CNC(=O)[C@@H]2CCOC2)cc1. The molecule has 2 aromatic carbocycles. The van der Waals surface area contributed by atoms with Crippen molar-refractivity contribution in [1.82, 2.24) is 5.32 Å². The molecule has 0 radical (unpaired) electrons. The molecule has 0 saturated carbocycles. The monoisotopic (exact) mass is 342 g/mol. The average molecular weight is 342 g/mol. The molecule has 5 nitrogen and oxygen atoms in total. The highest BCUT2D eigenvalue weighted by atomic mass is 19.1. The molecule has 1 fully saturated rings. The van der Waals surface area contributed by atoms with E-state index in [-0.39, 0.29) is 23.5 Å². The van der Waals surface area contributed by atoms with E-state index in [1.807, 2.05) is 0 Å². The second-order valence-electron chi connectivity index (χ2n) is 5.94. The zero-order chi connectivity index (χ0) is 17.6. The quantitative estimate of drug-likeness (QED) is 0.878. The van der Waals surface area contributed by atoms with Crippen LogP contribution in [-0.2, 0) is 16.1 Å². The van der Waals surface area contributed by atoms with Gasteiger partial charge in [-0.15, -0.1) is 0 Å². The summed E-state index contributed by atoms with van der Waals surface area (Å²) in [6.45, 7) is 1.53. The molecule has 0 spiro atoms. The van der Waals surface area contributed by atoms with Crippen LogP contribution in [0.4, 0.5) is 10.1 Å². The van der Waals surface area contributed by atoms with E-state index in [2.05, 4.69) is 10.6 Å².